The smallest absolute Gasteiger partial charge is 0.227 e. The highest BCUT2D eigenvalue weighted by Crippen LogP contribution is 2.23. The molecule has 7 heteroatoms. The van der Waals surface area contributed by atoms with Crippen LogP contribution in [-0.4, -0.2) is 44.8 Å². The summed E-state index contributed by atoms with van der Waals surface area (Å²) in [6, 6.07) is 16.0. The first-order valence-corrected chi connectivity index (χ1v) is 8.69. The molecule has 3 aromatic heterocycles. The summed E-state index contributed by atoms with van der Waals surface area (Å²) >= 11 is 0. The van der Waals surface area contributed by atoms with Crippen LogP contribution in [0.3, 0.4) is 0 Å². The summed E-state index contributed by atoms with van der Waals surface area (Å²) in [5.41, 5.74) is 2.16. The minimum Gasteiger partial charge on any atom is -0.395 e. The lowest BCUT2D eigenvalue weighted by Crippen LogP contribution is -2.23. The number of benzene rings is 1. The summed E-state index contributed by atoms with van der Waals surface area (Å²) in [5, 5.41) is 13.4. The molecule has 2 N–H and O–H groups in total. The highest BCUT2D eigenvalue weighted by molar-refractivity contribution is 5.84. The van der Waals surface area contributed by atoms with Crippen molar-refractivity contribution in [3.05, 3.63) is 67.1 Å². The number of aliphatic hydroxyl groups is 1. The van der Waals surface area contributed by atoms with Gasteiger partial charge in [0.15, 0.2) is 0 Å². The molecular formula is C20H20N6O. The van der Waals surface area contributed by atoms with Crippen molar-refractivity contribution in [2.75, 3.05) is 30.4 Å². The fourth-order valence-electron chi connectivity index (χ4n) is 2.89. The minimum absolute atomic E-state index is 0.0478. The topological polar surface area (TPSA) is 79.1 Å². The van der Waals surface area contributed by atoms with Gasteiger partial charge in [-0.3, -0.25) is 0 Å². The molecular weight excluding hydrogens is 340 g/mol. The second-order valence-corrected chi connectivity index (χ2v) is 6.16. The van der Waals surface area contributed by atoms with Crippen LogP contribution in [0.4, 0.5) is 17.6 Å². The Kier molecular flexibility index (Phi) is 4.67. The van der Waals surface area contributed by atoms with Crippen LogP contribution in [0.15, 0.2) is 67.1 Å². The normalized spacial score (nSPS) is 10.9. The van der Waals surface area contributed by atoms with E-state index in [4.69, 9.17) is 5.11 Å². The van der Waals surface area contributed by atoms with Crippen molar-refractivity contribution in [2.45, 2.75) is 0 Å². The predicted octanol–water partition coefficient (Wildman–Crippen LogP) is 2.99. The van der Waals surface area contributed by atoms with E-state index in [0.717, 1.165) is 16.6 Å². The molecule has 136 valence electrons. The third-order valence-electron chi connectivity index (χ3n) is 4.28. The van der Waals surface area contributed by atoms with Crippen LogP contribution in [-0.2, 0) is 0 Å². The summed E-state index contributed by atoms with van der Waals surface area (Å²) in [6.45, 7) is 0.518. The Morgan fingerprint density at radius 3 is 2.74 bits per heavy atom. The number of aromatic nitrogens is 4. The van der Waals surface area contributed by atoms with Gasteiger partial charge in [0.1, 0.15) is 11.6 Å². The van der Waals surface area contributed by atoms with Gasteiger partial charge in [-0.25, -0.2) is 9.97 Å². The molecule has 0 aliphatic carbocycles. The van der Waals surface area contributed by atoms with Crippen molar-refractivity contribution in [1.82, 2.24) is 19.5 Å². The van der Waals surface area contributed by atoms with Gasteiger partial charge in [0.2, 0.25) is 5.95 Å². The SMILES string of the molecule is CN(CCO)c1nccc(Nc2cc3c(ccn3-c3ccccc3)cn2)n1. The zero-order valence-corrected chi connectivity index (χ0v) is 14.9. The number of nitrogens with zero attached hydrogens (tertiary/aromatic N) is 5. The number of fused-ring (bicyclic) bond motifs is 1. The molecule has 0 unspecified atom stereocenters. The molecule has 0 saturated heterocycles. The molecule has 0 atom stereocenters. The van der Waals surface area contributed by atoms with E-state index < -0.39 is 0 Å². The molecule has 0 amide bonds. The van der Waals surface area contributed by atoms with Crippen molar-refractivity contribution < 1.29 is 5.11 Å². The standard InChI is InChI=1S/C20H20N6O/c1-25(11-12-27)20-21-9-7-18(24-20)23-19-13-17-15(14-22-19)8-10-26(17)16-5-3-2-4-6-16/h2-10,13-14,27H,11-12H2,1H3,(H,21,22,23,24). The number of pyridine rings is 1. The molecule has 4 aromatic rings. The van der Waals surface area contributed by atoms with E-state index in [0.29, 0.717) is 24.1 Å². The summed E-state index contributed by atoms with van der Waals surface area (Å²) in [4.78, 5) is 15.0. The lowest BCUT2D eigenvalue weighted by molar-refractivity contribution is 0.303. The first-order valence-electron chi connectivity index (χ1n) is 8.69. The van der Waals surface area contributed by atoms with Crippen LogP contribution in [0.5, 0.6) is 0 Å². The lowest BCUT2D eigenvalue weighted by Gasteiger charge is -2.16. The summed E-state index contributed by atoms with van der Waals surface area (Å²) < 4.78 is 2.13. The van der Waals surface area contributed by atoms with Crippen molar-refractivity contribution in [3.8, 4) is 5.69 Å². The Bertz CT molecular complexity index is 1050. The van der Waals surface area contributed by atoms with Crippen LogP contribution < -0.4 is 10.2 Å². The second kappa shape index (κ2) is 7.43. The molecule has 0 fully saturated rings. The molecule has 0 radical (unpaired) electrons. The van der Waals surface area contributed by atoms with Crippen molar-refractivity contribution in [2.24, 2.45) is 0 Å². The monoisotopic (exact) mass is 360 g/mol. The number of anilines is 3. The maximum absolute atomic E-state index is 9.08. The largest absolute Gasteiger partial charge is 0.395 e. The van der Waals surface area contributed by atoms with Crippen LogP contribution in [0.1, 0.15) is 0 Å². The van der Waals surface area contributed by atoms with E-state index in [1.807, 2.05) is 49.8 Å². The average molecular weight is 360 g/mol. The Hall–Kier alpha value is -3.45. The quantitative estimate of drug-likeness (QED) is 0.550. The number of aliphatic hydroxyl groups excluding tert-OH is 1. The molecule has 1 aromatic carbocycles. The first kappa shape index (κ1) is 17.0. The number of hydrogen-bond acceptors (Lipinski definition) is 6. The van der Waals surface area contributed by atoms with Crippen molar-refractivity contribution >= 4 is 28.5 Å². The average Bonchev–Trinajstić information content (AvgIpc) is 3.12. The van der Waals surface area contributed by atoms with E-state index in [9.17, 15) is 0 Å². The zero-order chi connectivity index (χ0) is 18.6. The van der Waals surface area contributed by atoms with E-state index in [1.54, 1.807) is 17.2 Å². The number of rotatable bonds is 6. The van der Waals surface area contributed by atoms with Gasteiger partial charge >= 0.3 is 0 Å². The molecule has 0 aliphatic rings. The van der Waals surface area contributed by atoms with Crippen LogP contribution >= 0.6 is 0 Å². The molecule has 0 saturated carbocycles. The van der Waals surface area contributed by atoms with E-state index in [2.05, 4.69) is 37.0 Å². The van der Waals surface area contributed by atoms with Gasteiger partial charge in [0.05, 0.1) is 12.1 Å². The number of nitrogens with one attached hydrogen (secondary N) is 1. The number of likely N-dealkylation sites (N-methyl/N-ethyl adjacent to an activating group) is 1. The molecule has 3 heterocycles. The molecule has 7 nitrogen and oxygen atoms in total. The van der Waals surface area contributed by atoms with Gasteiger partial charge in [-0.2, -0.15) is 4.98 Å². The molecule has 0 spiro atoms. The predicted molar refractivity (Wildman–Crippen MR) is 107 cm³/mol. The fraction of sp³-hybridized carbons (Fsp3) is 0.150. The van der Waals surface area contributed by atoms with Crippen LogP contribution in [0, 0.1) is 0 Å². The van der Waals surface area contributed by atoms with Crippen LogP contribution in [0.2, 0.25) is 0 Å². The Labute approximate surface area is 157 Å². The third kappa shape index (κ3) is 3.58. The Balaban J connectivity index is 1.64. The second-order valence-electron chi connectivity index (χ2n) is 6.16. The highest BCUT2D eigenvalue weighted by atomic mass is 16.3. The zero-order valence-electron chi connectivity index (χ0n) is 14.9. The molecule has 0 aliphatic heterocycles. The number of para-hydroxylation sites is 1. The van der Waals surface area contributed by atoms with E-state index in [-0.39, 0.29) is 6.61 Å². The molecule has 27 heavy (non-hydrogen) atoms. The van der Waals surface area contributed by atoms with Crippen LogP contribution in [0.25, 0.3) is 16.6 Å². The fourth-order valence-corrected chi connectivity index (χ4v) is 2.89. The minimum atomic E-state index is 0.0478. The maximum Gasteiger partial charge on any atom is 0.227 e. The Morgan fingerprint density at radius 2 is 1.93 bits per heavy atom. The van der Waals surface area contributed by atoms with Gasteiger partial charge in [0.25, 0.3) is 0 Å². The third-order valence-corrected chi connectivity index (χ3v) is 4.28. The van der Waals surface area contributed by atoms with Gasteiger partial charge in [-0.15, -0.1) is 0 Å². The van der Waals surface area contributed by atoms with Crippen molar-refractivity contribution in [1.29, 1.82) is 0 Å². The lowest BCUT2D eigenvalue weighted by atomic mass is 10.3. The van der Waals surface area contributed by atoms with Gasteiger partial charge in [-0.05, 0) is 24.3 Å². The summed E-state index contributed by atoms with van der Waals surface area (Å²) in [6.07, 6.45) is 5.57. The summed E-state index contributed by atoms with van der Waals surface area (Å²) in [7, 11) is 1.84. The number of hydrogen-bond donors (Lipinski definition) is 2. The van der Waals surface area contributed by atoms with Gasteiger partial charge < -0.3 is 19.9 Å². The Morgan fingerprint density at radius 1 is 1.07 bits per heavy atom. The molecule has 4 rings (SSSR count). The summed E-state index contributed by atoms with van der Waals surface area (Å²) in [5.74, 6) is 1.89. The van der Waals surface area contributed by atoms with Crippen molar-refractivity contribution in [3.63, 3.8) is 0 Å². The molecule has 0 bridgehead atoms. The van der Waals surface area contributed by atoms with E-state index in [1.165, 1.54) is 0 Å². The van der Waals surface area contributed by atoms with Gasteiger partial charge in [-0.1, -0.05) is 18.2 Å². The highest BCUT2D eigenvalue weighted by Gasteiger charge is 2.08. The van der Waals surface area contributed by atoms with Gasteiger partial charge in [0, 0.05) is 49.3 Å². The first-order chi connectivity index (χ1) is 13.2. The maximum atomic E-state index is 9.08. The van der Waals surface area contributed by atoms with E-state index >= 15 is 0 Å².